The highest BCUT2D eigenvalue weighted by Gasteiger charge is 2.62. The van der Waals surface area contributed by atoms with E-state index in [1.807, 2.05) is 24.3 Å². The zero-order chi connectivity index (χ0) is 22.1. The van der Waals surface area contributed by atoms with Gasteiger partial charge in [0.2, 0.25) is 0 Å². The summed E-state index contributed by atoms with van der Waals surface area (Å²) in [5.41, 5.74) is 0. The molecule has 0 N–H and O–H groups in total. The van der Waals surface area contributed by atoms with Gasteiger partial charge in [-0.2, -0.15) is 0 Å². The zero-order valence-electron chi connectivity index (χ0n) is 18.3. The third-order valence-electron chi connectivity index (χ3n) is 5.68. The highest BCUT2D eigenvalue weighted by atomic mass is 28.5. The van der Waals surface area contributed by atoms with Gasteiger partial charge in [-0.25, -0.2) is 0 Å². The van der Waals surface area contributed by atoms with Crippen LogP contribution in [0, 0.1) is 0 Å². The molecule has 0 aromatic heterocycles. The fourth-order valence-electron chi connectivity index (χ4n) is 4.39. The molecule has 0 saturated carbocycles. The third kappa shape index (κ3) is 3.75. The molecule has 160 valence electrons. The van der Waals surface area contributed by atoms with Crippen molar-refractivity contribution < 1.29 is 12.3 Å². The van der Waals surface area contributed by atoms with Crippen LogP contribution < -0.4 is 20.7 Å². The first kappa shape index (κ1) is 21.3. The summed E-state index contributed by atoms with van der Waals surface area (Å²) < 4.78 is 21.4. The molecule has 1 heterocycles. The predicted octanol–water partition coefficient (Wildman–Crippen LogP) is 3.26. The van der Waals surface area contributed by atoms with E-state index in [-0.39, 0.29) is 0 Å². The van der Waals surface area contributed by atoms with Gasteiger partial charge in [0, 0.05) is 0 Å². The summed E-state index contributed by atoms with van der Waals surface area (Å²) in [7, 11) is -8.74. The molecule has 1 aliphatic rings. The molecule has 4 aromatic rings. The third-order valence-corrected chi connectivity index (χ3v) is 18.6. The molecule has 5 rings (SSSR count). The quantitative estimate of drug-likeness (QED) is 0.429. The van der Waals surface area contributed by atoms with Crippen molar-refractivity contribution in [2.75, 3.05) is 0 Å². The normalized spacial score (nSPS) is 18.7. The van der Waals surface area contributed by atoms with E-state index in [2.05, 4.69) is 110 Å². The van der Waals surface area contributed by atoms with Crippen molar-refractivity contribution in [1.29, 1.82) is 0 Å². The Bertz CT molecular complexity index is 998. The van der Waals surface area contributed by atoms with Gasteiger partial charge in [0.15, 0.2) is 0 Å². The summed E-state index contributed by atoms with van der Waals surface area (Å²) in [6.45, 7) is 4.30. The van der Waals surface area contributed by atoms with Gasteiger partial charge in [-0.05, 0) is 33.8 Å². The van der Waals surface area contributed by atoms with Gasteiger partial charge in [-0.1, -0.05) is 121 Å². The van der Waals surface area contributed by atoms with Crippen LogP contribution in [-0.4, -0.2) is 25.7 Å². The van der Waals surface area contributed by atoms with Crippen molar-refractivity contribution in [3.05, 3.63) is 121 Å². The fraction of sp³-hybridized carbons (Fsp3) is 0.0769. The van der Waals surface area contributed by atoms with Crippen molar-refractivity contribution >= 4 is 46.4 Å². The average Bonchev–Trinajstić information content (AvgIpc) is 2.85. The number of hydrogen-bond donors (Lipinski definition) is 0. The van der Waals surface area contributed by atoms with Crippen LogP contribution >= 0.6 is 0 Å². The number of hydrogen-bond acceptors (Lipinski definition) is 3. The fourth-order valence-corrected chi connectivity index (χ4v) is 20.1. The molecule has 32 heavy (non-hydrogen) atoms. The Labute approximate surface area is 193 Å². The van der Waals surface area contributed by atoms with Gasteiger partial charge in [-0.15, -0.1) is 0 Å². The van der Waals surface area contributed by atoms with E-state index in [1.54, 1.807) is 0 Å². The lowest BCUT2D eigenvalue weighted by molar-refractivity contribution is 0.257. The second-order valence-corrected chi connectivity index (χ2v) is 18.4. The molecule has 0 unspecified atom stereocenters. The molecule has 1 saturated heterocycles. The smallest absolute Gasteiger partial charge is 0.389 e. The lowest BCUT2D eigenvalue weighted by atomic mass is 10.4. The summed E-state index contributed by atoms with van der Waals surface area (Å²) in [4.78, 5) is 0. The zero-order valence-corrected chi connectivity index (χ0v) is 21.3. The maximum atomic E-state index is 7.41. The lowest BCUT2D eigenvalue weighted by Crippen LogP contribution is -2.83. The largest absolute Gasteiger partial charge is 0.409 e. The molecular formula is C26H26O3Si3. The van der Waals surface area contributed by atoms with Crippen molar-refractivity contribution in [2.24, 2.45) is 0 Å². The van der Waals surface area contributed by atoms with Gasteiger partial charge in [0.1, 0.15) is 0 Å². The lowest BCUT2D eigenvalue weighted by Gasteiger charge is -2.51. The van der Waals surface area contributed by atoms with Gasteiger partial charge < -0.3 is 12.3 Å². The molecule has 1 aliphatic heterocycles. The van der Waals surface area contributed by atoms with E-state index in [1.165, 1.54) is 0 Å². The molecule has 4 aromatic carbocycles. The van der Waals surface area contributed by atoms with E-state index in [4.69, 9.17) is 12.3 Å². The van der Waals surface area contributed by atoms with Crippen LogP contribution in [-0.2, 0) is 12.3 Å². The molecule has 0 radical (unpaired) electrons. The van der Waals surface area contributed by atoms with Crippen LogP contribution in [0.1, 0.15) is 0 Å². The van der Waals surface area contributed by atoms with E-state index in [0.717, 1.165) is 20.7 Å². The minimum Gasteiger partial charge on any atom is -0.409 e. The molecule has 0 atom stereocenters. The maximum Gasteiger partial charge on any atom is 0.389 e. The van der Waals surface area contributed by atoms with E-state index in [0.29, 0.717) is 0 Å². The standard InChI is InChI=1S/C26H26O3Si3/c1-30(2)27-31(23-15-7-3-8-16-23,24-17-9-4-10-18-24)29-32(28-30,25-19-11-5-12-20-25)26-21-13-6-14-22-26/h3-22H,1-2H3. The van der Waals surface area contributed by atoms with Gasteiger partial charge in [-0.3, -0.25) is 0 Å². The minimum atomic E-state index is -3.07. The van der Waals surface area contributed by atoms with Crippen LogP contribution in [0.2, 0.25) is 13.1 Å². The highest BCUT2D eigenvalue weighted by Crippen LogP contribution is 2.31. The van der Waals surface area contributed by atoms with Crippen molar-refractivity contribution in [1.82, 2.24) is 0 Å². The van der Waals surface area contributed by atoms with Gasteiger partial charge in [0.05, 0.1) is 0 Å². The van der Waals surface area contributed by atoms with Gasteiger partial charge in [0.25, 0.3) is 0 Å². The first-order chi connectivity index (χ1) is 15.5. The molecule has 0 aliphatic carbocycles. The number of rotatable bonds is 4. The summed E-state index contributed by atoms with van der Waals surface area (Å²) in [5.74, 6) is 0. The van der Waals surface area contributed by atoms with E-state index >= 15 is 0 Å². The summed E-state index contributed by atoms with van der Waals surface area (Å²) >= 11 is 0. The molecule has 3 nitrogen and oxygen atoms in total. The van der Waals surface area contributed by atoms with Crippen LogP contribution in [0.15, 0.2) is 121 Å². The highest BCUT2D eigenvalue weighted by molar-refractivity contribution is 7.11. The van der Waals surface area contributed by atoms with Crippen LogP contribution in [0.4, 0.5) is 0 Å². The van der Waals surface area contributed by atoms with Crippen LogP contribution in [0.25, 0.3) is 0 Å². The molecular weight excluding hydrogens is 445 g/mol. The Hall–Kier alpha value is -2.59. The Morgan fingerprint density at radius 3 is 0.875 bits per heavy atom. The Morgan fingerprint density at radius 2 is 0.625 bits per heavy atom. The molecule has 6 heteroatoms. The second kappa shape index (κ2) is 8.40. The van der Waals surface area contributed by atoms with Crippen LogP contribution in [0.5, 0.6) is 0 Å². The SMILES string of the molecule is C[Si]1(C)O[Si](c2ccccc2)(c2ccccc2)O[Si](c2ccccc2)(c2ccccc2)O1. The molecule has 1 fully saturated rings. The Balaban J connectivity index is 1.82. The molecule has 0 bridgehead atoms. The summed E-state index contributed by atoms with van der Waals surface area (Å²) in [6, 6.07) is 41.8. The monoisotopic (exact) mass is 470 g/mol. The van der Waals surface area contributed by atoms with Crippen LogP contribution in [0.3, 0.4) is 0 Å². The van der Waals surface area contributed by atoms with Crippen molar-refractivity contribution in [2.45, 2.75) is 13.1 Å². The predicted molar refractivity (Wildman–Crippen MR) is 137 cm³/mol. The topological polar surface area (TPSA) is 27.7 Å². The maximum absolute atomic E-state index is 7.41. The summed E-state index contributed by atoms with van der Waals surface area (Å²) in [6.07, 6.45) is 0. The molecule has 0 spiro atoms. The average molecular weight is 471 g/mol. The van der Waals surface area contributed by atoms with Crippen molar-refractivity contribution in [3.63, 3.8) is 0 Å². The van der Waals surface area contributed by atoms with Crippen molar-refractivity contribution in [3.8, 4) is 0 Å². The Kier molecular flexibility index (Phi) is 5.58. The van der Waals surface area contributed by atoms with E-state index < -0.39 is 25.7 Å². The molecule has 0 amide bonds. The van der Waals surface area contributed by atoms with Gasteiger partial charge >= 0.3 is 25.7 Å². The van der Waals surface area contributed by atoms with E-state index in [9.17, 15) is 0 Å². The first-order valence-corrected chi connectivity index (χ1v) is 17.3. The second-order valence-electron chi connectivity index (χ2n) is 8.40. The number of benzene rings is 4. The Morgan fingerprint density at radius 1 is 0.375 bits per heavy atom. The minimum absolute atomic E-state index is 1.11. The summed E-state index contributed by atoms with van der Waals surface area (Å²) in [5, 5.41) is 4.44. The first-order valence-electron chi connectivity index (χ1n) is 10.9.